The van der Waals surface area contributed by atoms with Crippen LogP contribution in [0.3, 0.4) is 0 Å². The number of nitrogens with zero attached hydrogens (tertiary/aromatic N) is 2. The smallest absolute Gasteiger partial charge is 0.277 e. The number of thioether (sulfide) groups is 1. The van der Waals surface area contributed by atoms with E-state index in [0.717, 1.165) is 23.1 Å². The van der Waals surface area contributed by atoms with E-state index in [1.54, 1.807) is 0 Å². The molecule has 1 aromatic heterocycles. The first-order valence-electron chi connectivity index (χ1n) is 6.62. The van der Waals surface area contributed by atoms with E-state index < -0.39 is 0 Å². The van der Waals surface area contributed by atoms with Crippen molar-refractivity contribution in [2.45, 2.75) is 12.1 Å². The van der Waals surface area contributed by atoms with Gasteiger partial charge in [-0.25, -0.2) is 0 Å². The molecule has 114 valence electrons. The lowest BCUT2D eigenvalue weighted by Crippen LogP contribution is -2.25. The average Bonchev–Trinajstić information content (AvgIpc) is 3.01. The van der Waals surface area contributed by atoms with Gasteiger partial charge in [0, 0.05) is 5.56 Å². The Balaban J connectivity index is 1.93. The second kappa shape index (κ2) is 8.10. The normalized spacial score (nSPS) is 10.0. The fraction of sp³-hybridized carbons (Fsp3) is 0.267. The third-order valence-electron chi connectivity index (χ3n) is 2.53. The van der Waals surface area contributed by atoms with E-state index in [1.807, 2.05) is 31.2 Å². The Bertz CT molecular complexity index is 661. The Morgan fingerprint density at radius 2 is 2.18 bits per heavy atom. The van der Waals surface area contributed by atoms with Crippen molar-refractivity contribution in [2.24, 2.45) is 0 Å². The van der Waals surface area contributed by atoms with Gasteiger partial charge in [-0.05, 0) is 31.2 Å². The van der Waals surface area contributed by atoms with Gasteiger partial charge in [0.15, 0.2) is 0 Å². The molecule has 22 heavy (non-hydrogen) atoms. The molecule has 2 aromatic rings. The SMILES string of the molecule is C#CCNC(=O)CSc1nnc(-c2ccc(OCC)cc2)o1. The highest BCUT2D eigenvalue weighted by molar-refractivity contribution is 7.99. The second-order valence-electron chi connectivity index (χ2n) is 4.10. The van der Waals surface area contributed by atoms with Crippen molar-refractivity contribution in [3.63, 3.8) is 0 Å². The van der Waals surface area contributed by atoms with Gasteiger partial charge in [0.25, 0.3) is 5.22 Å². The van der Waals surface area contributed by atoms with Crippen LogP contribution < -0.4 is 10.1 Å². The molecule has 0 saturated heterocycles. The van der Waals surface area contributed by atoms with Crippen LogP contribution in [0.4, 0.5) is 0 Å². The summed E-state index contributed by atoms with van der Waals surface area (Å²) in [6, 6.07) is 7.35. The maximum Gasteiger partial charge on any atom is 0.277 e. The van der Waals surface area contributed by atoms with Crippen LogP contribution in [0, 0.1) is 12.3 Å². The summed E-state index contributed by atoms with van der Waals surface area (Å²) >= 11 is 1.16. The summed E-state index contributed by atoms with van der Waals surface area (Å²) in [5.41, 5.74) is 0.791. The lowest BCUT2D eigenvalue weighted by molar-refractivity contribution is -0.118. The average molecular weight is 317 g/mol. The monoisotopic (exact) mass is 317 g/mol. The molecule has 0 fully saturated rings. The lowest BCUT2D eigenvalue weighted by atomic mass is 10.2. The molecule has 1 aromatic carbocycles. The quantitative estimate of drug-likeness (QED) is 0.621. The Labute approximate surface area is 132 Å². The summed E-state index contributed by atoms with van der Waals surface area (Å²) < 4.78 is 10.9. The van der Waals surface area contributed by atoms with Gasteiger partial charge in [0.1, 0.15) is 5.75 Å². The molecule has 0 atom stereocenters. The molecular formula is C15H15N3O3S. The van der Waals surface area contributed by atoms with E-state index in [0.29, 0.717) is 17.7 Å². The van der Waals surface area contributed by atoms with E-state index in [2.05, 4.69) is 21.4 Å². The first-order chi connectivity index (χ1) is 10.7. The van der Waals surface area contributed by atoms with E-state index in [9.17, 15) is 4.79 Å². The molecule has 6 nitrogen and oxygen atoms in total. The molecule has 1 N–H and O–H groups in total. The molecule has 0 radical (unpaired) electrons. The molecule has 0 bridgehead atoms. The van der Waals surface area contributed by atoms with Gasteiger partial charge in [-0.1, -0.05) is 17.7 Å². The van der Waals surface area contributed by atoms with E-state index >= 15 is 0 Å². The summed E-state index contributed by atoms with van der Waals surface area (Å²) in [6.07, 6.45) is 5.06. The third kappa shape index (κ3) is 4.53. The van der Waals surface area contributed by atoms with Crippen molar-refractivity contribution in [2.75, 3.05) is 18.9 Å². The minimum Gasteiger partial charge on any atom is -0.494 e. The van der Waals surface area contributed by atoms with Crippen LogP contribution in [-0.4, -0.2) is 35.0 Å². The number of amides is 1. The molecular weight excluding hydrogens is 302 g/mol. The number of ether oxygens (including phenoxy) is 1. The zero-order valence-corrected chi connectivity index (χ0v) is 12.9. The van der Waals surface area contributed by atoms with Crippen LogP contribution in [0.25, 0.3) is 11.5 Å². The van der Waals surface area contributed by atoms with Gasteiger partial charge >= 0.3 is 0 Å². The maximum atomic E-state index is 11.4. The molecule has 0 aliphatic heterocycles. The number of hydrogen-bond donors (Lipinski definition) is 1. The predicted octanol–water partition coefficient (Wildman–Crippen LogP) is 1.98. The molecule has 0 aliphatic carbocycles. The number of aromatic nitrogens is 2. The fourth-order valence-corrected chi connectivity index (χ4v) is 2.17. The maximum absolute atomic E-state index is 11.4. The first-order valence-corrected chi connectivity index (χ1v) is 7.61. The first kappa shape index (κ1) is 15.9. The molecule has 0 spiro atoms. The molecule has 7 heteroatoms. The standard InChI is InChI=1S/C15H15N3O3S/c1-3-9-16-13(19)10-22-15-18-17-14(21-15)11-5-7-12(8-6-11)20-4-2/h1,5-8H,4,9-10H2,2H3,(H,16,19). The van der Waals surface area contributed by atoms with Crippen molar-refractivity contribution >= 4 is 17.7 Å². The summed E-state index contributed by atoms with van der Waals surface area (Å²) in [7, 11) is 0. The van der Waals surface area contributed by atoms with E-state index in [1.165, 1.54) is 0 Å². The number of carbonyl (C=O) groups is 1. The van der Waals surface area contributed by atoms with Gasteiger partial charge in [0.2, 0.25) is 11.8 Å². The number of nitrogens with one attached hydrogen (secondary N) is 1. The van der Waals surface area contributed by atoms with Gasteiger partial charge in [-0.2, -0.15) is 0 Å². The minimum absolute atomic E-state index is 0.173. The molecule has 0 unspecified atom stereocenters. The molecule has 0 aliphatic rings. The number of benzene rings is 1. The minimum atomic E-state index is -0.177. The van der Waals surface area contributed by atoms with Crippen LogP contribution in [-0.2, 0) is 4.79 Å². The summed E-state index contributed by atoms with van der Waals surface area (Å²) in [6.45, 7) is 2.75. The predicted molar refractivity (Wildman–Crippen MR) is 83.5 cm³/mol. The molecule has 0 saturated carbocycles. The Morgan fingerprint density at radius 1 is 1.41 bits per heavy atom. The van der Waals surface area contributed by atoms with Crippen molar-refractivity contribution in [1.82, 2.24) is 15.5 Å². The molecule has 1 heterocycles. The van der Waals surface area contributed by atoms with Crippen LogP contribution in [0.1, 0.15) is 6.92 Å². The highest BCUT2D eigenvalue weighted by atomic mass is 32.2. The highest BCUT2D eigenvalue weighted by Crippen LogP contribution is 2.24. The third-order valence-corrected chi connectivity index (χ3v) is 3.35. The van der Waals surface area contributed by atoms with Gasteiger partial charge in [-0.15, -0.1) is 16.6 Å². The summed E-state index contributed by atoms with van der Waals surface area (Å²) in [5, 5.41) is 10.8. The van der Waals surface area contributed by atoms with Crippen molar-refractivity contribution in [3.8, 4) is 29.5 Å². The van der Waals surface area contributed by atoms with Crippen LogP contribution >= 0.6 is 11.8 Å². The number of hydrogen-bond acceptors (Lipinski definition) is 6. The summed E-state index contributed by atoms with van der Waals surface area (Å²) in [4.78, 5) is 11.4. The van der Waals surface area contributed by atoms with Gasteiger partial charge in [-0.3, -0.25) is 4.79 Å². The number of carbonyl (C=O) groups excluding carboxylic acids is 1. The molecule has 2 rings (SSSR count). The van der Waals surface area contributed by atoms with Crippen molar-refractivity contribution in [3.05, 3.63) is 24.3 Å². The van der Waals surface area contributed by atoms with Gasteiger partial charge < -0.3 is 14.5 Å². The lowest BCUT2D eigenvalue weighted by Gasteiger charge is -2.02. The van der Waals surface area contributed by atoms with Crippen LogP contribution in [0.15, 0.2) is 33.9 Å². The van der Waals surface area contributed by atoms with Crippen LogP contribution in [0.5, 0.6) is 5.75 Å². The second-order valence-corrected chi connectivity index (χ2v) is 5.03. The fourth-order valence-electron chi connectivity index (χ4n) is 1.57. The number of rotatable bonds is 7. The zero-order valence-electron chi connectivity index (χ0n) is 12.0. The highest BCUT2D eigenvalue weighted by Gasteiger charge is 2.11. The van der Waals surface area contributed by atoms with Crippen molar-refractivity contribution < 1.29 is 13.9 Å². The largest absolute Gasteiger partial charge is 0.494 e. The van der Waals surface area contributed by atoms with E-state index in [4.69, 9.17) is 15.6 Å². The Morgan fingerprint density at radius 3 is 2.86 bits per heavy atom. The Hall–Kier alpha value is -2.46. The zero-order chi connectivity index (χ0) is 15.8. The summed E-state index contributed by atoms with van der Waals surface area (Å²) in [5.74, 6) is 3.51. The van der Waals surface area contributed by atoms with Crippen LogP contribution in [0.2, 0.25) is 0 Å². The van der Waals surface area contributed by atoms with E-state index in [-0.39, 0.29) is 18.2 Å². The molecule has 1 amide bonds. The number of terminal acetylenes is 1. The Kier molecular flexibility index (Phi) is 5.86. The van der Waals surface area contributed by atoms with Gasteiger partial charge in [0.05, 0.1) is 18.9 Å². The van der Waals surface area contributed by atoms with Crippen molar-refractivity contribution in [1.29, 1.82) is 0 Å². The topological polar surface area (TPSA) is 77.2 Å².